The highest BCUT2D eigenvalue weighted by molar-refractivity contribution is 6.21. The van der Waals surface area contributed by atoms with Crippen molar-refractivity contribution in [2.24, 2.45) is 7.05 Å². The second-order valence-electron chi connectivity index (χ2n) is 3.68. The summed E-state index contributed by atoms with van der Waals surface area (Å²) in [6.07, 6.45) is 4.45. The van der Waals surface area contributed by atoms with Crippen LogP contribution in [0.5, 0.6) is 5.75 Å². The van der Waals surface area contributed by atoms with Gasteiger partial charge in [-0.3, -0.25) is 4.68 Å². The standard InChI is InChI=1S/C10H15ClN2O2/c1-3-14-10-8(11)4-9(10)15-7-5-12-13(2)6-7/h5-6,8-10H,3-4H2,1-2H3. The smallest absolute Gasteiger partial charge is 0.157 e. The molecule has 0 aliphatic heterocycles. The summed E-state index contributed by atoms with van der Waals surface area (Å²) in [4.78, 5) is 0. The molecule has 0 aromatic carbocycles. The van der Waals surface area contributed by atoms with E-state index in [2.05, 4.69) is 5.10 Å². The zero-order valence-electron chi connectivity index (χ0n) is 8.89. The molecule has 0 spiro atoms. The fraction of sp³-hybridized carbons (Fsp3) is 0.700. The predicted molar refractivity (Wildman–Crippen MR) is 57.3 cm³/mol. The lowest BCUT2D eigenvalue weighted by molar-refractivity contribution is -0.0759. The summed E-state index contributed by atoms with van der Waals surface area (Å²) >= 11 is 6.03. The van der Waals surface area contributed by atoms with E-state index in [-0.39, 0.29) is 17.6 Å². The van der Waals surface area contributed by atoms with Crippen molar-refractivity contribution in [3.8, 4) is 5.75 Å². The van der Waals surface area contributed by atoms with Crippen molar-refractivity contribution in [1.29, 1.82) is 0 Å². The lowest BCUT2D eigenvalue weighted by Crippen LogP contribution is -2.52. The van der Waals surface area contributed by atoms with Crippen LogP contribution in [0.2, 0.25) is 0 Å². The number of hydrogen-bond donors (Lipinski definition) is 0. The molecule has 0 N–H and O–H groups in total. The molecule has 3 atom stereocenters. The molecule has 2 rings (SSSR count). The van der Waals surface area contributed by atoms with Gasteiger partial charge in [-0.1, -0.05) is 0 Å². The monoisotopic (exact) mass is 230 g/mol. The lowest BCUT2D eigenvalue weighted by atomic mass is 9.91. The fourth-order valence-electron chi connectivity index (χ4n) is 1.68. The predicted octanol–water partition coefficient (Wildman–Crippen LogP) is 1.58. The average molecular weight is 231 g/mol. The third-order valence-electron chi connectivity index (χ3n) is 2.51. The molecule has 1 aromatic heterocycles. The Hall–Kier alpha value is -0.740. The summed E-state index contributed by atoms with van der Waals surface area (Å²) in [5.74, 6) is 0.774. The molecule has 1 aliphatic carbocycles. The maximum Gasteiger partial charge on any atom is 0.157 e. The average Bonchev–Trinajstić information content (AvgIpc) is 2.60. The Morgan fingerprint density at radius 2 is 2.47 bits per heavy atom. The van der Waals surface area contributed by atoms with E-state index < -0.39 is 0 Å². The van der Waals surface area contributed by atoms with Crippen molar-refractivity contribution >= 4 is 11.6 Å². The first-order chi connectivity index (χ1) is 7.20. The van der Waals surface area contributed by atoms with E-state index in [1.807, 2.05) is 20.2 Å². The van der Waals surface area contributed by atoms with Gasteiger partial charge in [0.15, 0.2) is 5.75 Å². The van der Waals surface area contributed by atoms with Crippen LogP contribution < -0.4 is 4.74 Å². The van der Waals surface area contributed by atoms with Crippen LogP contribution in [0, 0.1) is 0 Å². The molecule has 0 amide bonds. The molecule has 0 bridgehead atoms. The van der Waals surface area contributed by atoms with Crippen LogP contribution in [0.15, 0.2) is 12.4 Å². The number of rotatable bonds is 4. The van der Waals surface area contributed by atoms with Gasteiger partial charge >= 0.3 is 0 Å². The highest BCUT2D eigenvalue weighted by Crippen LogP contribution is 2.32. The summed E-state index contributed by atoms with van der Waals surface area (Å²) < 4.78 is 12.9. The van der Waals surface area contributed by atoms with E-state index in [9.17, 15) is 0 Å². The van der Waals surface area contributed by atoms with Crippen LogP contribution in [0.4, 0.5) is 0 Å². The van der Waals surface area contributed by atoms with E-state index >= 15 is 0 Å². The zero-order valence-corrected chi connectivity index (χ0v) is 9.65. The second-order valence-corrected chi connectivity index (χ2v) is 4.24. The van der Waals surface area contributed by atoms with Crippen molar-refractivity contribution in [2.45, 2.75) is 30.9 Å². The van der Waals surface area contributed by atoms with Gasteiger partial charge in [-0.2, -0.15) is 5.10 Å². The third kappa shape index (κ3) is 2.26. The lowest BCUT2D eigenvalue weighted by Gasteiger charge is -2.40. The summed E-state index contributed by atoms with van der Waals surface area (Å²) in [5.41, 5.74) is 0. The maximum absolute atomic E-state index is 6.03. The molecule has 1 aliphatic rings. The molecular weight excluding hydrogens is 216 g/mol. The van der Waals surface area contributed by atoms with E-state index in [1.165, 1.54) is 0 Å². The van der Waals surface area contributed by atoms with E-state index in [1.54, 1.807) is 10.9 Å². The zero-order chi connectivity index (χ0) is 10.8. The maximum atomic E-state index is 6.03. The van der Waals surface area contributed by atoms with Gasteiger partial charge in [-0.15, -0.1) is 11.6 Å². The Morgan fingerprint density at radius 3 is 3.00 bits per heavy atom. The van der Waals surface area contributed by atoms with E-state index in [0.717, 1.165) is 12.2 Å². The van der Waals surface area contributed by atoms with Gasteiger partial charge in [0, 0.05) is 20.1 Å². The van der Waals surface area contributed by atoms with Crippen LogP contribution >= 0.6 is 11.6 Å². The molecule has 15 heavy (non-hydrogen) atoms. The Kier molecular flexibility index (Phi) is 3.17. The first-order valence-electron chi connectivity index (χ1n) is 5.11. The van der Waals surface area contributed by atoms with Crippen LogP contribution in [0.3, 0.4) is 0 Å². The molecule has 4 nitrogen and oxygen atoms in total. The highest BCUT2D eigenvalue weighted by Gasteiger charge is 2.42. The summed E-state index contributed by atoms with van der Waals surface area (Å²) in [7, 11) is 1.86. The number of aromatic nitrogens is 2. The molecule has 1 fully saturated rings. The Bertz CT molecular complexity index is 329. The molecule has 3 unspecified atom stereocenters. The van der Waals surface area contributed by atoms with Crippen molar-refractivity contribution in [1.82, 2.24) is 9.78 Å². The van der Waals surface area contributed by atoms with Gasteiger partial charge in [-0.05, 0) is 6.92 Å². The van der Waals surface area contributed by atoms with Crippen molar-refractivity contribution in [2.75, 3.05) is 6.61 Å². The molecule has 0 saturated heterocycles. The van der Waals surface area contributed by atoms with Gasteiger partial charge in [0.2, 0.25) is 0 Å². The second kappa shape index (κ2) is 4.41. The molecule has 1 saturated carbocycles. The van der Waals surface area contributed by atoms with Gasteiger partial charge in [-0.25, -0.2) is 0 Å². The molecule has 0 radical (unpaired) electrons. The van der Waals surface area contributed by atoms with Crippen LogP contribution in [-0.4, -0.2) is 34.0 Å². The normalized spacial score (nSPS) is 29.9. The van der Waals surface area contributed by atoms with Gasteiger partial charge < -0.3 is 9.47 Å². The Balaban J connectivity index is 1.90. The summed E-state index contributed by atoms with van der Waals surface area (Å²) in [6.45, 7) is 2.63. The molecule has 5 heteroatoms. The van der Waals surface area contributed by atoms with Crippen molar-refractivity contribution < 1.29 is 9.47 Å². The number of hydrogen-bond acceptors (Lipinski definition) is 3. The molecule has 1 aromatic rings. The van der Waals surface area contributed by atoms with Crippen molar-refractivity contribution in [3.63, 3.8) is 0 Å². The van der Waals surface area contributed by atoms with E-state index in [4.69, 9.17) is 21.1 Å². The van der Waals surface area contributed by atoms with Gasteiger partial charge in [0.1, 0.15) is 12.2 Å². The minimum Gasteiger partial charge on any atom is -0.484 e. The van der Waals surface area contributed by atoms with E-state index in [0.29, 0.717) is 6.61 Å². The highest BCUT2D eigenvalue weighted by atomic mass is 35.5. The quantitative estimate of drug-likeness (QED) is 0.737. The van der Waals surface area contributed by atoms with Gasteiger partial charge in [0.05, 0.1) is 17.8 Å². The number of nitrogens with zero attached hydrogens (tertiary/aromatic N) is 2. The molecular formula is C10H15ClN2O2. The Morgan fingerprint density at radius 1 is 1.67 bits per heavy atom. The SMILES string of the molecule is CCOC1C(Cl)CC1Oc1cnn(C)c1. The summed E-state index contributed by atoms with van der Waals surface area (Å²) in [5, 5.41) is 4.11. The number of aryl methyl sites for hydroxylation is 1. The number of ether oxygens (including phenoxy) is 2. The minimum atomic E-state index is 0.0110. The Labute approximate surface area is 94.1 Å². The largest absolute Gasteiger partial charge is 0.484 e. The third-order valence-corrected chi connectivity index (χ3v) is 2.93. The first kappa shape index (κ1) is 10.8. The number of alkyl halides is 1. The topological polar surface area (TPSA) is 36.3 Å². The van der Waals surface area contributed by atoms with Crippen molar-refractivity contribution in [3.05, 3.63) is 12.4 Å². The number of halogens is 1. The molecule has 1 heterocycles. The van der Waals surface area contributed by atoms with Crippen LogP contribution in [0.25, 0.3) is 0 Å². The van der Waals surface area contributed by atoms with Crippen LogP contribution in [0.1, 0.15) is 13.3 Å². The fourth-order valence-corrected chi connectivity index (χ4v) is 2.09. The van der Waals surface area contributed by atoms with Crippen LogP contribution in [-0.2, 0) is 11.8 Å². The minimum absolute atomic E-state index is 0.0110. The molecule has 84 valence electrons. The summed E-state index contributed by atoms with van der Waals surface area (Å²) in [6, 6.07) is 0. The first-order valence-corrected chi connectivity index (χ1v) is 5.55. The van der Waals surface area contributed by atoms with Gasteiger partial charge in [0.25, 0.3) is 0 Å².